The summed E-state index contributed by atoms with van der Waals surface area (Å²) in [4.78, 5) is 7.69. The number of benzene rings is 1. The van der Waals surface area contributed by atoms with E-state index in [2.05, 4.69) is 72.7 Å². The second-order valence-electron chi connectivity index (χ2n) is 7.53. The molecule has 1 unspecified atom stereocenters. The normalized spacial score (nSPS) is 13.9. The van der Waals surface area contributed by atoms with Crippen molar-refractivity contribution in [3.05, 3.63) is 35.5 Å². The molecule has 0 radical (unpaired) electrons. The molecule has 3 N–H and O–H groups in total. The third-order valence-electron chi connectivity index (χ3n) is 4.63. The van der Waals surface area contributed by atoms with Gasteiger partial charge in [0.2, 0.25) is 0 Å². The number of H-pyrrole nitrogens is 1. The van der Waals surface area contributed by atoms with E-state index in [1.807, 2.05) is 0 Å². The van der Waals surface area contributed by atoms with E-state index >= 15 is 0 Å². The first kappa shape index (κ1) is 19.3. The van der Waals surface area contributed by atoms with Crippen LogP contribution in [0.5, 0.6) is 0 Å². The number of guanidine groups is 1. The van der Waals surface area contributed by atoms with Gasteiger partial charge in [-0.05, 0) is 29.9 Å². The molecule has 0 amide bonds. The molecule has 1 heterocycles. The Morgan fingerprint density at radius 1 is 1.28 bits per heavy atom. The summed E-state index contributed by atoms with van der Waals surface area (Å²) in [6.07, 6.45) is 3.18. The second-order valence-corrected chi connectivity index (χ2v) is 7.53. The molecule has 25 heavy (non-hydrogen) atoms. The van der Waals surface area contributed by atoms with Gasteiger partial charge in [0.1, 0.15) is 0 Å². The van der Waals surface area contributed by atoms with Crippen LogP contribution >= 0.6 is 0 Å². The van der Waals surface area contributed by atoms with Crippen molar-refractivity contribution < 1.29 is 4.74 Å². The SMILES string of the molecule is CN=C(NCCc1c[nH]c2c(C)cccc12)NCC(OC)C(C)(C)C. The van der Waals surface area contributed by atoms with Gasteiger partial charge in [-0.15, -0.1) is 0 Å². The van der Waals surface area contributed by atoms with E-state index in [0.717, 1.165) is 25.5 Å². The number of nitrogens with one attached hydrogen (secondary N) is 3. The number of nitrogens with zero attached hydrogens (tertiary/aromatic N) is 1. The Morgan fingerprint density at radius 3 is 2.68 bits per heavy atom. The van der Waals surface area contributed by atoms with Crippen LogP contribution in [0.1, 0.15) is 31.9 Å². The van der Waals surface area contributed by atoms with Crippen molar-refractivity contribution >= 4 is 16.9 Å². The van der Waals surface area contributed by atoms with Crippen LogP contribution in [0.2, 0.25) is 0 Å². The van der Waals surface area contributed by atoms with Crippen molar-refractivity contribution in [1.82, 2.24) is 15.6 Å². The topological polar surface area (TPSA) is 61.4 Å². The molecule has 0 saturated heterocycles. The average molecular weight is 345 g/mol. The fraction of sp³-hybridized carbons (Fsp3) is 0.550. The minimum atomic E-state index is 0.0858. The molecule has 0 aliphatic heterocycles. The molecule has 0 fully saturated rings. The van der Waals surface area contributed by atoms with Gasteiger partial charge in [-0.25, -0.2) is 0 Å². The predicted octanol–water partition coefficient (Wildman–Crippen LogP) is 3.24. The Balaban J connectivity index is 1.88. The number of hydrogen-bond donors (Lipinski definition) is 3. The summed E-state index contributed by atoms with van der Waals surface area (Å²) in [6, 6.07) is 6.42. The number of para-hydroxylation sites is 1. The highest BCUT2D eigenvalue weighted by molar-refractivity contribution is 5.86. The molecule has 2 aromatic rings. The molecule has 0 bridgehead atoms. The van der Waals surface area contributed by atoms with E-state index < -0.39 is 0 Å². The molecule has 5 nitrogen and oxygen atoms in total. The lowest BCUT2D eigenvalue weighted by Crippen LogP contribution is -2.45. The maximum absolute atomic E-state index is 5.58. The van der Waals surface area contributed by atoms with E-state index in [0.29, 0.717) is 0 Å². The smallest absolute Gasteiger partial charge is 0.191 e. The second kappa shape index (κ2) is 8.39. The molecule has 1 atom stereocenters. The van der Waals surface area contributed by atoms with Gasteiger partial charge in [-0.1, -0.05) is 39.0 Å². The van der Waals surface area contributed by atoms with Crippen molar-refractivity contribution in [2.75, 3.05) is 27.2 Å². The summed E-state index contributed by atoms with van der Waals surface area (Å²) in [5.41, 5.74) is 3.92. The standard InChI is InChI=1S/C20H32N4O/c1-14-8-7-9-16-15(12-23-18(14)16)10-11-22-19(21-5)24-13-17(25-6)20(2,3)4/h7-9,12,17,23H,10-11,13H2,1-6H3,(H2,21,22,24). The fourth-order valence-electron chi connectivity index (χ4n) is 3.04. The Hall–Kier alpha value is -2.01. The Bertz CT molecular complexity index is 712. The molecule has 0 aliphatic carbocycles. The number of aromatic amines is 1. The minimum Gasteiger partial charge on any atom is -0.379 e. The highest BCUT2D eigenvalue weighted by Gasteiger charge is 2.24. The maximum Gasteiger partial charge on any atom is 0.191 e. The number of methoxy groups -OCH3 is 1. The van der Waals surface area contributed by atoms with Gasteiger partial charge in [-0.2, -0.15) is 0 Å². The van der Waals surface area contributed by atoms with Crippen LogP contribution in [0.3, 0.4) is 0 Å². The van der Waals surface area contributed by atoms with Crippen LogP contribution in [0.15, 0.2) is 29.4 Å². The van der Waals surface area contributed by atoms with Crippen LogP contribution < -0.4 is 10.6 Å². The van der Waals surface area contributed by atoms with Crippen molar-refractivity contribution in [2.24, 2.45) is 10.4 Å². The zero-order chi connectivity index (χ0) is 18.4. The summed E-state index contributed by atoms with van der Waals surface area (Å²) in [7, 11) is 3.55. The summed E-state index contributed by atoms with van der Waals surface area (Å²) in [6.45, 7) is 10.2. The third-order valence-corrected chi connectivity index (χ3v) is 4.63. The molecule has 0 spiro atoms. The molecule has 2 rings (SSSR count). The number of aliphatic imine (C=N–C) groups is 1. The lowest BCUT2D eigenvalue weighted by atomic mass is 9.89. The average Bonchev–Trinajstić information content (AvgIpc) is 2.97. The summed E-state index contributed by atoms with van der Waals surface area (Å²) in [5, 5.41) is 8.05. The minimum absolute atomic E-state index is 0.0858. The Morgan fingerprint density at radius 2 is 2.04 bits per heavy atom. The molecule has 0 saturated carbocycles. The Kier molecular flexibility index (Phi) is 6.48. The van der Waals surface area contributed by atoms with E-state index in [-0.39, 0.29) is 11.5 Å². The van der Waals surface area contributed by atoms with Gasteiger partial charge < -0.3 is 20.4 Å². The largest absolute Gasteiger partial charge is 0.379 e. The number of aryl methyl sites for hydroxylation is 1. The zero-order valence-electron chi connectivity index (χ0n) is 16.4. The van der Waals surface area contributed by atoms with Crippen molar-refractivity contribution in [2.45, 2.75) is 40.2 Å². The Labute approximate surface area is 151 Å². The van der Waals surface area contributed by atoms with Gasteiger partial charge >= 0.3 is 0 Å². The van der Waals surface area contributed by atoms with Crippen LogP contribution in [-0.4, -0.2) is 44.3 Å². The highest BCUT2D eigenvalue weighted by Crippen LogP contribution is 2.22. The summed E-state index contributed by atoms with van der Waals surface area (Å²) in [5.74, 6) is 0.808. The summed E-state index contributed by atoms with van der Waals surface area (Å²) >= 11 is 0. The van der Waals surface area contributed by atoms with Crippen LogP contribution in [0.25, 0.3) is 10.9 Å². The molecular formula is C20H32N4O. The van der Waals surface area contributed by atoms with E-state index in [4.69, 9.17) is 4.74 Å². The maximum atomic E-state index is 5.58. The number of fused-ring (bicyclic) bond motifs is 1. The summed E-state index contributed by atoms with van der Waals surface area (Å²) < 4.78 is 5.58. The van der Waals surface area contributed by atoms with Crippen LogP contribution in [0.4, 0.5) is 0 Å². The molecule has 0 aliphatic rings. The van der Waals surface area contributed by atoms with Crippen molar-refractivity contribution in [3.63, 3.8) is 0 Å². The van der Waals surface area contributed by atoms with Gasteiger partial charge in [0.05, 0.1) is 6.10 Å². The lowest BCUT2D eigenvalue weighted by Gasteiger charge is -2.30. The molecule has 1 aromatic heterocycles. The first-order valence-electron chi connectivity index (χ1n) is 8.89. The number of rotatable bonds is 6. The third kappa shape index (κ3) is 4.98. The van der Waals surface area contributed by atoms with Gasteiger partial charge in [-0.3, -0.25) is 4.99 Å². The molecule has 1 aromatic carbocycles. The van der Waals surface area contributed by atoms with Crippen molar-refractivity contribution in [3.8, 4) is 0 Å². The van der Waals surface area contributed by atoms with E-state index in [1.165, 1.54) is 22.0 Å². The highest BCUT2D eigenvalue weighted by atomic mass is 16.5. The molecule has 5 heteroatoms. The lowest BCUT2D eigenvalue weighted by molar-refractivity contribution is 0.0205. The number of hydrogen-bond acceptors (Lipinski definition) is 2. The van der Waals surface area contributed by atoms with Crippen LogP contribution in [0, 0.1) is 12.3 Å². The first-order chi connectivity index (χ1) is 11.9. The zero-order valence-corrected chi connectivity index (χ0v) is 16.4. The first-order valence-corrected chi connectivity index (χ1v) is 8.89. The van der Waals surface area contributed by atoms with Gasteiger partial charge in [0.15, 0.2) is 5.96 Å². The van der Waals surface area contributed by atoms with Crippen LogP contribution in [-0.2, 0) is 11.2 Å². The number of aromatic nitrogens is 1. The van der Waals surface area contributed by atoms with Crippen molar-refractivity contribution in [1.29, 1.82) is 0 Å². The fourth-order valence-corrected chi connectivity index (χ4v) is 3.04. The quantitative estimate of drug-likeness (QED) is 0.557. The van der Waals surface area contributed by atoms with E-state index in [9.17, 15) is 0 Å². The molecule has 138 valence electrons. The number of ether oxygens (including phenoxy) is 1. The van der Waals surface area contributed by atoms with Gasteiger partial charge in [0, 0.05) is 44.3 Å². The predicted molar refractivity (Wildman–Crippen MR) is 106 cm³/mol. The molecular weight excluding hydrogens is 312 g/mol. The monoisotopic (exact) mass is 344 g/mol. The van der Waals surface area contributed by atoms with Gasteiger partial charge in [0.25, 0.3) is 0 Å². The van der Waals surface area contributed by atoms with E-state index in [1.54, 1.807) is 14.2 Å².